The summed E-state index contributed by atoms with van der Waals surface area (Å²) in [6.45, 7) is 10.1. The van der Waals surface area contributed by atoms with Crippen LogP contribution in [0, 0.1) is 5.92 Å². The monoisotopic (exact) mass is 418 g/mol. The lowest BCUT2D eigenvalue weighted by atomic mass is 10.1. The number of halogens is 1. The molecule has 0 fully saturated rings. The lowest BCUT2D eigenvalue weighted by molar-refractivity contribution is -0.156. The van der Waals surface area contributed by atoms with Crippen LogP contribution >= 0.6 is 11.6 Å². The summed E-state index contributed by atoms with van der Waals surface area (Å²) in [6.07, 6.45) is 2.40. The minimum Gasteiger partial charge on any atom is -0.493 e. The van der Waals surface area contributed by atoms with Crippen LogP contribution in [0.15, 0.2) is 42.5 Å². The van der Waals surface area contributed by atoms with Gasteiger partial charge in [-0.15, -0.1) is 0 Å². The molecule has 2 aromatic carbocycles. The van der Waals surface area contributed by atoms with Crippen molar-refractivity contribution >= 4 is 17.6 Å². The molecule has 5 heteroatoms. The Kier molecular flexibility index (Phi) is 8.39. The zero-order chi connectivity index (χ0) is 21.4. The molecule has 0 saturated heterocycles. The van der Waals surface area contributed by atoms with Crippen molar-refractivity contribution in [3.8, 4) is 17.2 Å². The maximum Gasteiger partial charge on any atom is 0.306 e. The highest BCUT2D eigenvalue weighted by Gasteiger charge is 2.18. The number of hydrogen-bond donors (Lipinski definition) is 0. The van der Waals surface area contributed by atoms with Crippen LogP contribution < -0.4 is 9.47 Å². The Bertz CT molecular complexity index is 794. The predicted octanol–water partition coefficient (Wildman–Crippen LogP) is 6.83. The summed E-state index contributed by atoms with van der Waals surface area (Å²) in [5, 5.41) is 0.604. The molecule has 0 spiro atoms. The normalized spacial score (nSPS) is 12.3. The lowest BCUT2D eigenvalue weighted by Crippen LogP contribution is -2.25. The van der Waals surface area contributed by atoms with Crippen LogP contribution in [0.4, 0.5) is 0 Å². The van der Waals surface area contributed by atoms with E-state index < -0.39 is 5.60 Å². The van der Waals surface area contributed by atoms with Gasteiger partial charge in [-0.2, -0.15) is 0 Å². The first-order valence-corrected chi connectivity index (χ1v) is 10.4. The van der Waals surface area contributed by atoms with Crippen molar-refractivity contribution in [3.05, 3.63) is 53.1 Å². The molecule has 0 amide bonds. The Balaban J connectivity index is 1.85. The van der Waals surface area contributed by atoms with Gasteiger partial charge in [0.15, 0.2) is 0 Å². The number of aryl methyl sites for hydroxylation is 1. The number of carbonyl (C=O) groups is 1. The number of carbonyl (C=O) groups excluding carboxylic acids is 1. The van der Waals surface area contributed by atoms with E-state index in [0.29, 0.717) is 29.5 Å². The molecule has 29 heavy (non-hydrogen) atoms. The van der Waals surface area contributed by atoms with Crippen molar-refractivity contribution in [2.24, 2.45) is 5.92 Å². The summed E-state index contributed by atoms with van der Waals surface area (Å²) < 4.78 is 17.0. The van der Waals surface area contributed by atoms with Crippen molar-refractivity contribution in [3.63, 3.8) is 0 Å². The quantitative estimate of drug-likeness (QED) is 0.418. The Morgan fingerprint density at radius 3 is 2.31 bits per heavy atom. The van der Waals surface area contributed by atoms with Gasteiger partial charge in [-0.05, 0) is 69.2 Å². The standard InChI is InChI=1S/C24H31ClO4/c1-6-7-18-8-13-22(21(25)15-18)28-20-11-9-19(10-12-20)27-16-17(2)14-23(26)29-24(3,4)5/h8-13,15,17H,6-7,14,16H2,1-5H3/t17-/m1/s1. The minimum atomic E-state index is -0.466. The van der Waals surface area contributed by atoms with E-state index >= 15 is 0 Å². The molecule has 0 unspecified atom stereocenters. The zero-order valence-electron chi connectivity index (χ0n) is 18.0. The topological polar surface area (TPSA) is 44.8 Å². The van der Waals surface area contributed by atoms with Gasteiger partial charge in [-0.3, -0.25) is 4.79 Å². The van der Waals surface area contributed by atoms with Crippen LogP contribution in [-0.4, -0.2) is 18.2 Å². The van der Waals surface area contributed by atoms with Crippen LogP contribution in [0.3, 0.4) is 0 Å². The largest absolute Gasteiger partial charge is 0.493 e. The van der Waals surface area contributed by atoms with Crippen molar-refractivity contribution < 1.29 is 19.0 Å². The van der Waals surface area contributed by atoms with Gasteiger partial charge in [0.25, 0.3) is 0 Å². The molecule has 0 aliphatic carbocycles. The highest BCUT2D eigenvalue weighted by atomic mass is 35.5. The van der Waals surface area contributed by atoms with Crippen LogP contribution in [0.2, 0.25) is 5.02 Å². The number of esters is 1. The molecule has 0 bridgehead atoms. The fourth-order valence-electron chi connectivity index (χ4n) is 2.77. The van der Waals surface area contributed by atoms with Crippen LogP contribution in [0.5, 0.6) is 17.2 Å². The van der Waals surface area contributed by atoms with Crippen molar-refractivity contribution in [2.75, 3.05) is 6.61 Å². The highest BCUT2D eigenvalue weighted by Crippen LogP contribution is 2.31. The Hall–Kier alpha value is -2.20. The van der Waals surface area contributed by atoms with Gasteiger partial charge < -0.3 is 14.2 Å². The minimum absolute atomic E-state index is 0.0567. The summed E-state index contributed by atoms with van der Waals surface area (Å²) >= 11 is 6.32. The van der Waals surface area contributed by atoms with E-state index in [-0.39, 0.29) is 11.9 Å². The zero-order valence-corrected chi connectivity index (χ0v) is 18.7. The molecule has 158 valence electrons. The van der Waals surface area contributed by atoms with E-state index in [1.54, 1.807) is 0 Å². The fourth-order valence-corrected chi connectivity index (χ4v) is 3.01. The van der Waals surface area contributed by atoms with E-state index in [2.05, 4.69) is 6.92 Å². The summed E-state index contributed by atoms with van der Waals surface area (Å²) in [4.78, 5) is 11.9. The average Bonchev–Trinajstić information content (AvgIpc) is 2.62. The third-order valence-corrected chi connectivity index (χ3v) is 4.35. The van der Waals surface area contributed by atoms with Crippen molar-refractivity contribution in [1.82, 2.24) is 0 Å². The first-order valence-electron chi connectivity index (χ1n) is 10.1. The summed E-state index contributed by atoms with van der Waals surface area (Å²) in [5.41, 5.74) is 0.737. The predicted molar refractivity (Wildman–Crippen MR) is 117 cm³/mol. The summed E-state index contributed by atoms with van der Waals surface area (Å²) in [7, 11) is 0. The van der Waals surface area contributed by atoms with Gasteiger partial charge in [-0.1, -0.05) is 37.9 Å². The maximum absolute atomic E-state index is 11.9. The third-order valence-electron chi connectivity index (χ3n) is 4.06. The second-order valence-electron chi connectivity index (χ2n) is 8.29. The van der Waals surface area contributed by atoms with Gasteiger partial charge in [-0.25, -0.2) is 0 Å². The molecular formula is C24H31ClO4. The first-order chi connectivity index (χ1) is 13.7. The Morgan fingerprint density at radius 2 is 1.72 bits per heavy atom. The van der Waals surface area contributed by atoms with E-state index in [1.807, 2.05) is 70.2 Å². The molecule has 0 N–H and O–H groups in total. The van der Waals surface area contributed by atoms with Crippen LogP contribution in [-0.2, 0) is 16.0 Å². The molecule has 0 aromatic heterocycles. The van der Waals surface area contributed by atoms with Crippen molar-refractivity contribution in [2.45, 2.75) is 59.5 Å². The van der Waals surface area contributed by atoms with E-state index in [9.17, 15) is 4.79 Å². The maximum atomic E-state index is 11.9. The third kappa shape index (κ3) is 8.36. The summed E-state index contributed by atoms with van der Waals surface area (Å²) in [5.74, 6) is 1.88. The SMILES string of the molecule is CCCc1ccc(Oc2ccc(OC[C@H](C)CC(=O)OC(C)(C)C)cc2)c(Cl)c1. The van der Waals surface area contributed by atoms with Gasteiger partial charge in [0.05, 0.1) is 18.1 Å². The van der Waals surface area contributed by atoms with Crippen LogP contribution in [0.25, 0.3) is 0 Å². The second kappa shape index (κ2) is 10.5. The van der Waals surface area contributed by atoms with Gasteiger partial charge >= 0.3 is 5.97 Å². The molecule has 1 atom stereocenters. The van der Waals surface area contributed by atoms with E-state index in [4.69, 9.17) is 25.8 Å². The van der Waals surface area contributed by atoms with E-state index in [1.165, 1.54) is 5.56 Å². The second-order valence-corrected chi connectivity index (χ2v) is 8.70. The van der Waals surface area contributed by atoms with Crippen molar-refractivity contribution in [1.29, 1.82) is 0 Å². The molecule has 0 aliphatic heterocycles. The molecule has 0 saturated carbocycles. The van der Waals surface area contributed by atoms with Gasteiger partial charge in [0.1, 0.15) is 22.8 Å². The van der Waals surface area contributed by atoms with E-state index in [0.717, 1.165) is 18.6 Å². The van der Waals surface area contributed by atoms with Gasteiger partial charge in [0.2, 0.25) is 0 Å². The molecular weight excluding hydrogens is 388 g/mol. The number of benzene rings is 2. The summed E-state index contributed by atoms with van der Waals surface area (Å²) in [6, 6.07) is 13.2. The molecule has 2 aromatic rings. The number of rotatable bonds is 9. The van der Waals surface area contributed by atoms with Gasteiger partial charge in [0, 0.05) is 5.92 Å². The first kappa shape index (κ1) is 23.1. The average molecular weight is 419 g/mol. The number of ether oxygens (including phenoxy) is 3. The smallest absolute Gasteiger partial charge is 0.306 e. The number of hydrogen-bond acceptors (Lipinski definition) is 4. The molecule has 4 nitrogen and oxygen atoms in total. The fraction of sp³-hybridized carbons (Fsp3) is 0.458. The molecule has 0 heterocycles. The Labute approximate surface area is 179 Å². The van der Waals surface area contributed by atoms with Crippen LogP contribution in [0.1, 0.15) is 53.0 Å². The highest BCUT2D eigenvalue weighted by molar-refractivity contribution is 6.32. The lowest BCUT2D eigenvalue weighted by Gasteiger charge is -2.21. The molecule has 0 aliphatic rings. The Morgan fingerprint density at radius 1 is 1.07 bits per heavy atom. The molecule has 0 radical (unpaired) electrons. The molecule has 2 rings (SSSR count).